The van der Waals surface area contributed by atoms with Crippen LogP contribution < -0.4 is 4.74 Å². The molecule has 1 aromatic carbocycles. The zero-order valence-corrected chi connectivity index (χ0v) is 17.1. The van der Waals surface area contributed by atoms with E-state index in [-0.39, 0.29) is 16.2 Å². The van der Waals surface area contributed by atoms with Crippen LogP contribution in [0.2, 0.25) is 0 Å². The molecule has 4 rings (SSSR count). The van der Waals surface area contributed by atoms with Gasteiger partial charge in [-0.15, -0.1) is 0 Å². The third kappa shape index (κ3) is 3.72. The van der Waals surface area contributed by atoms with Crippen LogP contribution in [0.5, 0.6) is 5.75 Å². The van der Waals surface area contributed by atoms with E-state index >= 15 is 0 Å². The van der Waals surface area contributed by atoms with Crippen LogP contribution in [0.15, 0.2) is 47.8 Å². The van der Waals surface area contributed by atoms with Gasteiger partial charge in [0.15, 0.2) is 0 Å². The van der Waals surface area contributed by atoms with Gasteiger partial charge >= 0.3 is 0 Å². The van der Waals surface area contributed by atoms with Gasteiger partial charge in [0.2, 0.25) is 10.0 Å². The zero-order chi connectivity index (χ0) is 20.5. The Morgan fingerprint density at radius 3 is 2.66 bits per heavy atom. The van der Waals surface area contributed by atoms with Gasteiger partial charge in [0.1, 0.15) is 16.3 Å². The van der Waals surface area contributed by atoms with E-state index in [0.29, 0.717) is 57.1 Å². The molecule has 1 spiro atoms. The Morgan fingerprint density at radius 1 is 1.21 bits per heavy atom. The molecule has 1 amide bonds. The van der Waals surface area contributed by atoms with Crippen molar-refractivity contribution in [2.45, 2.75) is 24.7 Å². The first-order chi connectivity index (χ1) is 14.0. The van der Waals surface area contributed by atoms with Crippen molar-refractivity contribution in [1.82, 2.24) is 19.2 Å². The first kappa shape index (κ1) is 19.8. The molecule has 8 nitrogen and oxygen atoms in total. The predicted octanol–water partition coefficient (Wildman–Crippen LogP) is 1.80. The number of nitrogens with zero attached hydrogens (tertiary/aromatic N) is 4. The SMILES string of the molecule is CCN1CC2(CCN(C(=O)c3cnccn3)CC2)COc2ccccc2S1(=O)=O. The molecule has 0 N–H and O–H groups in total. The maximum atomic E-state index is 13.2. The number of rotatable bonds is 2. The first-order valence-corrected chi connectivity index (χ1v) is 11.2. The molecule has 9 heteroatoms. The maximum absolute atomic E-state index is 13.2. The summed E-state index contributed by atoms with van der Waals surface area (Å²) in [5, 5.41) is 0. The van der Waals surface area contributed by atoms with Gasteiger partial charge in [0.05, 0.1) is 12.8 Å². The monoisotopic (exact) mass is 416 g/mol. The number of likely N-dealkylation sites (tertiary alicyclic amines) is 1. The van der Waals surface area contributed by atoms with Gasteiger partial charge in [-0.05, 0) is 25.0 Å². The molecule has 2 aliphatic heterocycles. The zero-order valence-electron chi connectivity index (χ0n) is 16.3. The second-order valence-electron chi connectivity index (χ2n) is 7.55. The molecule has 3 heterocycles. The highest BCUT2D eigenvalue weighted by Gasteiger charge is 2.43. The lowest BCUT2D eigenvalue weighted by molar-refractivity contribution is 0.0302. The van der Waals surface area contributed by atoms with E-state index in [9.17, 15) is 13.2 Å². The fourth-order valence-electron chi connectivity index (χ4n) is 4.00. The van der Waals surface area contributed by atoms with E-state index in [2.05, 4.69) is 9.97 Å². The van der Waals surface area contributed by atoms with Gasteiger partial charge in [0.25, 0.3) is 5.91 Å². The molecular formula is C20H24N4O4S. The Bertz CT molecular complexity index is 989. The molecule has 0 saturated carbocycles. The number of carbonyl (C=O) groups is 1. The highest BCUT2D eigenvalue weighted by atomic mass is 32.2. The Morgan fingerprint density at radius 2 is 1.97 bits per heavy atom. The molecule has 1 aromatic heterocycles. The number of aromatic nitrogens is 2. The van der Waals surface area contributed by atoms with Crippen LogP contribution in [0.3, 0.4) is 0 Å². The molecule has 154 valence electrons. The second-order valence-corrected chi connectivity index (χ2v) is 9.46. The number of fused-ring (bicyclic) bond motifs is 1. The largest absolute Gasteiger partial charge is 0.492 e. The Balaban J connectivity index is 1.56. The van der Waals surface area contributed by atoms with Crippen LogP contribution in [0.4, 0.5) is 0 Å². The number of hydrogen-bond acceptors (Lipinski definition) is 6. The highest BCUT2D eigenvalue weighted by molar-refractivity contribution is 7.89. The molecule has 0 bridgehead atoms. The summed E-state index contributed by atoms with van der Waals surface area (Å²) in [4.78, 5) is 22.7. The van der Waals surface area contributed by atoms with Crippen LogP contribution >= 0.6 is 0 Å². The van der Waals surface area contributed by atoms with E-state index in [1.807, 2.05) is 6.92 Å². The van der Waals surface area contributed by atoms with Gasteiger partial charge < -0.3 is 9.64 Å². The second kappa shape index (κ2) is 7.72. The van der Waals surface area contributed by atoms with Crippen molar-refractivity contribution in [3.63, 3.8) is 0 Å². The lowest BCUT2D eigenvalue weighted by Gasteiger charge is -2.44. The van der Waals surface area contributed by atoms with E-state index in [1.54, 1.807) is 29.2 Å². The van der Waals surface area contributed by atoms with Crippen molar-refractivity contribution < 1.29 is 17.9 Å². The summed E-state index contributed by atoms with van der Waals surface area (Å²) < 4.78 is 33.9. The molecule has 0 atom stereocenters. The standard InChI is InChI=1S/C20H24N4O4S/c1-2-24-14-20(15-28-17-5-3-4-6-18(17)29(24,26)27)7-11-23(12-8-20)19(25)16-13-21-9-10-22-16/h3-6,9-10,13H,2,7-8,11-12,14-15H2,1H3. The quantitative estimate of drug-likeness (QED) is 0.741. The number of para-hydroxylation sites is 1. The third-order valence-corrected chi connectivity index (χ3v) is 7.72. The predicted molar refractivity (Wildman–Crippen MR) is 106 cm³/mol. The topological polar surface area (TPSA) is 92.7 Å². The van der Waals surface area contributed by atoms with Crippen LogP contribution in [-0.2, 0) is 10.0 Å². The van der Waals surface area contributed by atoms with E-state index in [0.717, 1.165) is 0 Å². The molecule has 29 heavy (non-hydrogen) atoms. The van der Waals surface area contributed by atoms with E-state index in [1.165, 1.54) is 22.9 Å². The van der Waals surface area contributed by atoms with Crippen molar-refractivity contribution in [2.24, 2.45) is 5.41 Å². The molecular weight excluding hydrogens is 392 g/mol. The Labute approximate surface area is 170 Å². The average Bonchev–Trinajstić information content (AvgIpc) is 2.76. The Kier molecular flexibility index (Phi) is 5.26. The molecule has 1 fully saturated rings. The lowest BCUT2D eigenvalue weighted by Crippen LogP contribution is -2.52. The minimum atomic E-state index is -3.63. The maximum Gasteiger partial charge on any atom is 0.274 e. The number of sulfonamides is 1. The summed E-state index contributed by atoms with van der Waals surface area (Å²) >= 11 is 0. The molecule has 0 aliphatic carbocycles. The molecule has 1 saturated heterocycles. The fraction of sp³-hybridized carbons (Fsp3) is 0.450. The molecule has 0 unspecified atom stereocenters. The van der Waals surface area contributed by atoms with Crippen molar-refractivity contribution in [3.05, 3.63) is 48.5 Å². The van der Waals surface area contributed by atoms with Gasteiger partial charge in [-0.1, -0.05) is 19.1 Å². The number of benzene rings is 1. The van der Waals surface area contributed by atoms with Gasteiger partial charge in [-0.25, -0.2) is 13.4 Å². The summed E-state index contributed by atoms with van der Waals surface area (Å²) in [6, 6.07) is 6.78. The van der Waals surface area contributed by atoms with Crippen LogP contribution in [-0.4, -0.2) is 66.3 Å². The van der Waals surface area contributed by atoms with Gasteiger partial charge in [0, 0.05) is 44.0 Å². The summed E-state index contributed by atoms with van der Waals surface area (Å²) in [5.41, 5.74) is -0.0143. The number of piperidine rings is 1. The molecule has 2 aliphatic rings. The third-order valence-electron chi connectivity index (χ3n) is 5.76. The van der Waals surface area contributed by atoms with Gasteiger partial charge in [-0.3, -0.25) is 9.78 Å². The number of amides is 1. The van der Waals surface area contributed by atoms with Crippen molar-refractivity contribution in [1.29, 1.82) is 0 Å². The van der Waals surface area contributed by atoms with Crippen LogP contribution in [0.1, 0.15) is 30.3 Å². The highest BCUT2D eigenvalue weighted by Crippen LogP contribution is 2.39. The first-order valence-electron chi connectivity index (χ1n) is 9.72. The number of hydrogen-bond donors (Lipinski definition) is 0. The summed E-state index contributed by atoms with van der Waals surface area (Å²) in [6.45, 7) is 4.09. The summed E-state index contributed by atoms with van der Waals surface area (Å²) in [6.07, 6.45) is 5.82. The summed E-state index contributed by atoms with van der Waals surface area (Å²) in [7, 11) is -3.63. The Hall–Kier alpha value is -2.52. The van der Waals surface area contributed by atoms with Gasteiger partial charge in [-0.2, -0.15) is 4.31 Å². The van der Waals surface area contributed by atoms with Crippen molar-refractivity contribution >= 4 is 15.9 Å². The number of carbonyl (C=O) groups excluding carboxylic acids is 1. The molecule has 2 aromatic rings. The average molecular weight is 417 g/mol. The minimum absolute atomic E-state index is 0.148. The summed E-state index contributed by atoms with van der Waals surface area (Å²) in [5.74, 6) is 0.244. The molecule has 0 radical (unpaired) electrons. The fourth-order valence-corrected chi connectivity index (χ4v) is 5.69. The van der Waals surface area contributed by atoms with Crippen molar-refractivity contribution in [2.75, 3.05) is 32.8 Å². The van der Waals surface area contributed by atoms with E-state index < -0.39 is 10.0 Å². The van der Waals surface area contributed by atoms with Crippen LogP contribution in [0.25, 0.3) is 0 Å². The normalized spacial score (nSPS) is 20.9. The number of ether oxygens (including phenoxy) is 1. The minimum Gasteiger partial charge on any atom is -0.492 e. The smallest absolute Gasteiger partial charge is 0.274 e. The van der Waals surface area contributed by atoms with Crippen LogP contribution in [0, 0.1) is 5.41 Å². The van der Waals surface area contributed by atoms with E-state index in [4.69, 9.17) is 4.74 Å². The lowest BCUT2D eigenvalue weighted by atomic mass is 9.78. The van der Waals surface area contributed by atoms with Crippen molar-refractivity contribution in [3.8, 4) is 5.75 Å².